The first kappa shape index (κ1) is 19.2. The minimum atomic E-state index is -4.42. The van der Waals surface area contributed by atoms with Crippen molar-refractivity contribution in [1.29, 1.82) is 0 Å². The Morgan fingerprint density at radius 3 is 2.56 bits per heavy atom. The van der Waals surface area contributed by atoms with Crippen LogP contribution in [0.5, 0.6) is 0 Å². The van der Waals surface area contributed by atoms with E-state index in [1.807, 2.05) is 0 Å². The van der Waals surface area contributed by atoms with Crippen LogP contribution in [-0.4, -0.2) is 41.6 Å². The highest BCUT2D eigenvalue weighted by Gasteiger charge is 2.27. The van der Waals surface area contributed by atoms with Crippen molar-refractivity contribution in [2.24, 2.45) is 0 Å². The van der Waals surface area contributed by atoms with Crippen LogP contribution in [0.2, 0.25) is 5.15 Å². The lowest BCUT2D eigenvalue weighted by Crippen LogP contribution is -2.29. The van der Waals surface area contributed by atoms with E-state index in [0.717, 1.165) is 0 Å². The monoisotopic (exact) mass is 379 g/mol. The molecule has 0 saturated heterocycles. The molecule has 0 aliphatic carbocycles. The maximum atomic E-state index is 13.0. The third-order valence-electron chi connectivity index (χ3n) is 3.10. The Morgan fingerprint density at radius 1 is 1.32 bits per heavy atom. The van der Waals surface area contributed by atoms with Crippen molar-refractivity contribution in [2.45, 2.75) is 13.1 Å². The molecule has 5 nitrogen and oxygen atoms in total. The van der Waals surface area contributed by atoms with Gasteiger partial charge in [0.05, 0.1) is 23.6 Å². The van der Waals surface area contributed by atoms with Gasteiger partial charge in [-0.3, -0.25) is 4.79 Å². The number of nitrogens with one attached hydrogen (secondary N) is 1. The summed E-state index contributed by atoms with van der Waals surface area (Å²) in [7, 11) is 0. The molecule has 10 heteroatoms. The van der Waals surface area contributed by atoms with Crippen molar-refractivity contribution in [3.8, 4) is 5.69 Å². The summed E-state index contributed by atoms with van der Waals surface area (Å²) in [5, 5.41) is 6.55. The molecule has 2 rings (SSSR count). The fraction of sp³-hybridized carbons (Fsp3) is 0.333. The van der Waals surface area contributed by atoms with E-state index in [9.17, 15) is 22.4 Å². The van der Waals surface area contributed by atoms with Crippen molar-refractivity contribution in [3.05, 3.63) is 46.5 Å². The van der Waals surface area contributed by atoms with Crippen LogP contribution in [0.15, 0.2) is 24.3 Å². The van der Waals surface area contributed by atoms with Gasteiger partial charge in [0.1, 0.15) is 17.6 Å². The van der Waals surface area contributed by atoms with Crippen LogP contribution in [-0.2, 0) is 4.74 Å². The minimum Gasteiger partial charge on any atom is -0.370 e. The van der Waals surface area contributed by atoms with Crippen LogP contribution in [0.1, 0.15) is 16.1 Å². The Kier molecular flexibility index (Phi) is 6.02. The summed E-state index contributed by atoms with van der Waals surface area (Å²) in [5.74, 6) is -1.02. The van der Waals surface area contributed by atoms with Crippen LogP contribution in [0, 0.1) is 12.7 Å². The van der Waals surface area contributed by atoms with Crippen LogP contribution >= 0.6 is 11.6 Å². The van der Waals surface area contributed by atoms with Gasteiger partial charge >= 0.3 is 6.18 Å². The number of alkyl halides is 3. The van der Waals surface area contributed by atoms with Crippen molar-refractivity contribution >= 4 is 17.5 Å². The van der Waals surface area contributed by atoms with Gasteiger partial charge in [0.25, 0.3) is 5.91 Å². The Morgan fingerprint density at radius 2 is 1.96 bits per heavy atom. The Bertz CT molecular complexity index is 744. The van der Waals surface area contributed by atoms with Crippen molar-refractivity contribution < 1.29 is 27.1 Å². The molecule has 1 N–H and O–H groups in total. The number of hydrogen-bond donors (Lipinski definition) is 1. The molecule has 0 spiro atoms. The van der Waals surface area contributed by atoms with E-state index in [2.05, 4.69) is 15.2 Å². The summed E-state index contributed by atoms with van der Waals surface area (Å²) in [6.07, 6.45) is -4.42. The standard InChI is InChI=1S/C15H14ClF4N3O2/c1-9-12(14(24)21-6-7-25-8-15(18,19)20)13(16)23(22-9)11-4-2-10(17)3-5-11/h2-5H,6-8H2,1H3,(H,21,24). The maximum absolute atomic E-state index is 13.0. The molecule has 0 atom stereocenters. The molecule has 136 valence electrons. The minimum absolute atomic E-state index is 0.0119. The number of amides is 1. The molecule has 0 fully saturated rings. The lowest BCUT2D eigenvalue weighted by atomic mass is 10.2. The second kappa shape index (κ2) is 7.83. The van der Waals surface area contributed by atoms with E-state index >= 15 is 0 Å². The van der Waals surface area contributed by atoms with E-state index in [4.69, 9.17) is 11.6 Å². The van der Waals surface area contributed by atoms with Crippen molar-refractivity contribution in [3.63, 3.8) is 0 Å². The summed E-state index contributed by atoms with van der Waals surface area (Å²) < 4.78 is 54.5. The smallest absolute Gasteiger partial charge is 0.370 e. The normalized spacial score (nSPS) is 11.6. The molecule has 1 aromatic heterocycles. The summed E-state index contributed by atoms with van der Waals surface area (Å²) in [4.78, 5) is 12.2. The van der Waals surface area contributed by atoms with Gasteiger partial charge in [0, 0.05) is 6.54 Å². The van der Waals surface area contributed by atoms with E-state index < -0.39 is 24.5 Å². The number of carbonyl (C=O) groups is 1. The molecule has 0 unspecified atom stereocenters. The first-order valence-electron chi connectivity index (χ1n) is 7.13. The number of hydrogen-bond acceptors (Lipinski definition) is 3. The molecular weight excluding hydrogens is 366 g/mol. The number of carbonyl (C=O) groups excluding carboxylic acids is 1. The van der Waals surface area contributed by atoms with Crippen LogP contribution in [0.3, 0.4) is 0 Å². The highest BCUT2D eigenvalue weighted by atomic mass is 35.5. The number of ether oxygens (including phenoxy) is 1. The lowest BCUT2D eigenvalue weighted by Gasteiger charge is -2.08. The molecule has 1 aromatic carbocycles. The zero-order valence-electron chi connectivity index (χ0n) is 13.0. The molecule has 0 aliphatic heterocycles. The summed E-state index contributed by atoms with van der Waals surface area (Å²) in [5.41, 5.74) is 0.868. The summed E-state index contributed by atoms with van der Waals surface area (Å²) in [6.45, 7) is -0.244. The molecule has 2 aromatic rings. The molecule has 1 amide bonds. The average Bonchev–Trinajstić information content (AvgIpc) is 2.81. The van der Waals surface area contributed by atoms with Gasteiger partial charge in [-0.15, -0.1) is 0 Å². The first-order valence-corrected chi connectivity index (χ1v) is 7.50. The summed E-state index contributed by atoms with van der Waals surface area (Å²) >= 11 is 6.16. The molecule has 1 heterocycles. The van der Waals surface area contributed by atoms with Crippen LogP contribution in [0.4, 0.5) is 17.6 Å². The number of halogens is 5. The molecule has 25 heavy (non-hydrogen) atoms. The average molecular weight is 380 g/mol. The second-order valence-corrected chi connectivity index (χ2v) is 5.42. The Labute approximate surface area is 145 Å². The second-order valence-electron chi connectivity index (χ2n) is 5.06. The van der Waals surface area contributed by atoms with Gasteiger partial charge in [-0.05, 0) is 31.2 Å². The van der Waals surface area contributed by atoms with Crippen LogP contribution < -0.4 is 5.32 Å². The quantitative estimate of drug-likeness (QED) is 0.619. The van der Waals surface area contributed by atoms with Crippen molar-refractivity contribution in [2.75, 3.05) is 19.8 Å². The third-order valence-corrected chi connectivity index (χ3v) is 3.45. The number of aryl methyl sites for hydroxylation is 1. The van der Waals surface area contributed by atoms with Gasteiger partial charge in [0.2, 0.25) is 0 Å². The number of nitrogens with zero attached hydrogens (tertiary/aromatic N) is 2. The predicted molar refractivity (Wildman–Crippen MR) is 82.5 cm³/mol. The predicted octanol–water partition coefficient (Wildman–Crippen LogP) is 3.28. The lowest BCUT2D eigenvalue weighted by molar-refractivity contribution is -0.173. The number of benzene rings is 1. The SMILES string of the molecule is Cc1nn(-c2ccc(F)cc2)c(Cl)c1C(=O)NCCOCC(F)(F)F. The summed E-state index contributed by atoms with van der Waals surface area (Å²) in [6, 6.07) is 5.33. The van der Waals surface area contributed by atoms with Gasteiger partial charge in [-0.1, -0.05) is 11.6 Å². The highest BCUT2D eigenvalue weighted by Crippen LogP contribution is 2.23. The molecule has 0 saturated carbocycles. The Balaban J connectivity index is 2.02. The zero-order chi connectivity index (χ0) is 18.6. The van der Waals surface area contributed by atoms with E-state index in [1.165, 1.54) is 28.9 Å². The van der Waals surface area contributed by atoms with Gasteiger partial charge in [0.15, 0.2) is 0 Å². The Hall–Kier alpha value is -2.13. The van der Waals surface area contributed by atoms with E-state index in [0.29, 0.717) is 11.4 Å². The van der Waals surface area contributed by atoms with Gasteiger partial charge < -0.3 is 10.1 Å². The molecule has 0 aliphatic rings. The maximum Gasteiger partial charge on any atom is 0.411 e. The third kappa shape index (κ3) is 5.17. The molecular formula is C15H14ClF4N3O2. The van der Waals surface area contributed by atoms with Gasteiger partial charge in [-0.2, -0.15) is 18.3 Å². The van der Waals surface area contributed by atoms with Crippen LogP contribution in [0.25, 0.3) is 5.69 Å². The molecule has 0 radical (unpaired) electrons. The van der Waals surface area contributed by atoms with E-state index in [1.54, 1.807) is 6.92 Å². The largest absolute Gasteiger partial charge is 0.411 e. The van der Waals surface area contributed by atoms with Crippen molar-refractivity contribution in [1.82, 2.24) is 15.1 Å². The zero-order valence-corrected chi connectivity index (χ0v) is 13.8. The highest BCUT2D eigenvalue weighted by molar-refractivity contribution is 6.33. The molecule has 0 bridgehead atoms. The van der Waals surface area contributed by atoms with Gasteiger partial charge in [-0.25, -0.2) is 9.07 Å². The number of aromatic nitrogens is 2. The van der Waals surface area contributed by atoms with E-state index in [-0.39, 0.29) is 23.9 Å². The fourth-order valence-corrected chi connectivity index (χ4v) is 2.38. The topological polar surface area (TPSA) is 56.2 Å². The fourth-order valence-electron chi connectivity index (χ4n) is 2.02. The number of rotatable bonds is 6. The first-order chi connectivity index (χ1) is 11.7.